The molecule has 0 aliphatic rings. The highest BCUT2D eigenvalue weighted by Crippen LogP contribution is 2.19. The second-order valence-corrected chi connectivity index (χ2v) is 4.21. The molecule has 5 nitrogen and oxygen atoms in total. The number of nitrogens with zero attached hydrogens (tertiary/aromatic N) is 2. The summed E-state index contributed by atoms with van der Waals surface area (Å²) in [6.07, 6.45) is 2.73. The lowest BCUT2D eigenvalue weighted by Gasteiger charge is -2.00. The minimum absolute atomic E-state index is 0.220. The number of para-hydroxylation sites is 1. The molecule has 2 heterocycles. The van der Waals surface area contributed by atoms with Crippen LogP contribution in [0.15, 0.2) is 47.1 Å². The molecule has 1 aromatic carbocycles. The average molecular weight is 274 g/mol. The summed E-state index contributed by atoms with van der Waals surface area (Å²) in [7, 11) is 0. The summed E-state index contributed by atoms with van der Waals surface area (Å²) < 4.78 is 5.44. The van der Waals surface area contributed by atoms with Crippen LogP contribution >= 0.6 is 11.6 Å². The fourth-order valence-electron chi connectivity index (χ4n) is 1.65. The van der Waals surface area contributed by atoms with Gasteiger partial charge in [0.2, 0.25) is 0 Å². The van der Waals surface area contributed by atoms with Crippen LogP contribution in [0.25, 0.3) is 11.0 Å². The van der Waals surface area contributed by atoms with Crippen molar-refractivity contribution in [1.82, 2.24) is 9.97 Å². The Morgan fingerprint density at radius 3 is 2.79 bits per heavy atom. The predicted octanol–water partition coefficient (Wildman–Crippen LogP) is 3.13. The lowest BCUT2D eigenvalue weighted by molar-refractivity contribution is 0.0998. The molecule has 19 heavy (non-hydrogen) atoms. The van der Waals surface area contributed by atoms with Gasteiger partial charge in [-0.25, -0.2) is 9.97 Å². The third-order valence-electron chi connectivity index (χ3n) is 2.51. The molecule has 1 N–H and O–H groups in total. The molecule has 0 aliphatic heterocycles. The van der Waals surface area contributed by atoms with E-state index in [2.05, 4.69) is 15.3 Å². The molecule has 94 valence electrons. The molecule has 0 fully saturated rings. The number of amides is 1. The number of anilines is 1. The first-order valence-corrected chi connectivity index (χ1v) is 5.87. The summed E-state index contributed by atoms with van der Waals surface area (Å²) in [4.78, 5) is 19.7. The zero-order valence-corrected chi connectivity index (χ0v) is 10.4. The summed E-state index contributed by atoms with van der Waals surface area (Å²) in [5, 5.41) is 3.72. The lowest BCUT2D eigenvalue weighted by atomic mass is 10.2. The number of rotatable bonds is 2. The Balaban J connectivity index is 1.85. The van der Waals surface area contributed by atoms with E-state index >= 15 is 0 Å². The van der Waals surface area contributed by atoms with Gasteiger partial charge in [-0.2, -0.15) is 0 Å². The molecule has 0 saturated carbocycles. The highest BCUT2D eigenvalue weighted by molar-refractivity contribution is 6.29. The molecule has 0 bridgehead atoms. The second-order valence-electron chi connectivity index (χ2n) is 3.83. The summed E-state index contributed by atoms with van der Waals surface area (Å²) in [6.45, 7) is 0. The Bertz CT molecular complexity index is 704. The standard InChI is InChI=1S/C13H8ClN3O2/c14-11-6-16-12(7-15-11)17-13(18)10-5-8-3-1-2-4-9(8)19-10/h1-7H,(H,16,17,18). The van der Waals surface area contributed by atoms with Gasteiger partial charge in [0, 0.05) is 5.39 Å². The first kappa shape index (κ1) is 11.7. The number of carbonyl (C=O) groups excluding carboxylic acids is 1. The number of aromatic nitrogens is 2. The molecule has 6 heteroatoms. The molecule has 0 aliphatic carbocycles. The van der Waals surface area contributed by atoms with Crippen LogP contribution in [0.4, 0.5) is 5.82 Å². The van der Waals surface area contributed by atoms with Crippen molar-refractivity contribution in [3.63, 3.8) is 0 Å². The van der Waals surface area contributed by atoms with Gasteiger partial charge in [-0.1, -0.05) is 29.8 Å². The SMILES string of the molecule is O=C(Nc1cnc(Cl)cn1)c1cc2ccccc2o1. The zero-order chi connectivity index (χ0) is 13.2. The maximum Gasteiger partial charge on any atom is 0.292 e. The van der Waals surface area contributed by atoms with E-state index < -0.39 is 0 Å². The van der Waals surface area contributed by atoms with Crippen LogP contribution in [0.5, 0.6) is 0 Å². The van der Waals surface area contributed by atoms with Crippen LogP contribution in [-0.2, 0) is 0 Å². The van der Waals surface area contributed by atoms with Gasteiger partial charge >= 0.3 is 0 Å². The fraction of sp³-hybridized carbons (Fsp3) is 0. The van der Waals surface area contributed by atoms with E-state index in [0.29, 0.717) is 11.4 Å². The normalized spacial score (nSPS) is 10.6. The Hall–Kier alpha value is -2.40. The third kappa shape index (κ3) is 2.41. The highest BCUT2D eigenvalue weighted by atomic mass is 35.5. The minimum Gasteiger partial charge on any atom is -0.451 e. The van der Waals surface area contributed by atoms with Gasteiger partial charge in [-0.3, -0.25) is 4.79 Å². The Morgan fingerprint density at radius 2 is 2.05 bits per heavy atom. The topological polar surface area (TPSA) is 68.0 Å². The van der Waals surface area contributed by atoms with E-state index in [9.17, 15) is 4.79 Å². The average Bonchev–Trinajstić information content (AvgIpc) is 2.85. The first-order chi connectivity index (χ1) is 9.22. The lowest BCUT2D eigenvalue weighted by Crippen LogP contribution is -2.12. The van der Waals surface area contributed by atoms with Gasteiger partial charge < -0.3 is 9.73 Å². The molecule has 3 aromatic rings. The molecular weight excluding hydrogens is 266 g/mol. The number of furan rings is 1. The highest BCUT2D eigenvalue weighted by Gasteiger charge is 2.12. The van der Waals surface area contributed by atoms with Gasteiger partial charge in [0.05, 0.1) is 12.4 Å². The van der Waals surface area contributed by atoms with Crippen LogP contribution in [-0.4, -0.2) is 15.9 Å². The van der Waals surface area contributed by atoms with Crippen molar-refractivity contribution in [1.29, 1.82) is 0 Å². The molecular formula is C13H8ClN3O2. The summed E-state index contributed by atoms with van der Waals surface area (Å²) in [6, 6.07) is 9.07. The van der Waals surface area contributed by atoms with E-state index in [1.807, 2.05) is 18.2 Å². The number of hydrogen-bond donors (Lipinski definition) is 1. The monoisotopic (exact) mass is 273 g/mol. The second kappa shape index (κ2) is 4.70. The molecule has 0 unspecified atom stereocenters. The van der Waals surface area contributed by atoms with Crippen molar-refractivity contribution in [3.05, 3.63) is 53.6 Å². The van der Waals surface area contributed by atoms with E-state index in [1.54, 1.807) is 12.1 Å². The summed E-state index contributed by atoms with van der Waals surface area (Å²) in [5.74, 6) is 0.153. The van der Waals surface area contributed by atoms with Crippen molar-refractivity contribution in [2.75, 3.05) is 5.32 Å². The van der Waals surface area contributed by atoms with Crippen molar-refractivity contribution in [2.45, 2.75) is 0 Å². The van der Waals surface area contributed by atoms with Crippen molar-refractivity contribution in [2.24, 2.45) is 0 Å². The molecule has 0 atom stereocenters. The Morgan fingerprint density at radius 1 is 1.21 bits per heavy atom. The first-order valence-electron chi connectivity index (χ1n) is 5.50. The minimum atomic E-state index is -0.382. The van der Waals surface area contributed by atoms with Crippen molar-refractivity contribution < 1.29 is 9.21 Å². The molecule has 2 aromatic heterocycles. The molecule has 0 saturated heterocycles. The molecule has 3 rings (SSSR count). The number of hydrogen-bond acceptors (Lipinski definition) is 4. The Labute approximate surface area is 113 Å². The largest absolute Gasteiger partial charge is 0.451 e. The van der Waals surface area contributed by atoms with Crippen LogP contribution in [0.1, 0.15) is 10.6 Å². The maximum atomic E-state index is 12.0. The summed E-state index contributed by atoms with van der Waals surface area (Å²) >= 11 is 5.61. The van der Waals surface area contributed by atoms with Crippen LogP contribution in [0.3, 0.4) is 0 Å². The van der Waals surface area contributed by atoms with Crippen LogP contribution in [0, 0.1) is 0 Å². The van der Waals surface area contributed by atoms with Gasteiger partial charge in [-0.05, 0) is 12.1 Å². The van der Waals surface area contributed by atoms with Crippen molar-refractivity contribution >= 4 is 34.3 Å². The number of fused-ring (bicyclic) bond motifs is 1. The van der Waals surface area contributed by atoms with Gasteiger partial charge in [0.1, 0.15) is 10.7 Å². The number of benzene rings is 1. The molecule has 1 amide bonds. The van der Waals surface area contributed by atoms with Gasteiger partial charge in [0.15, 0.2) is 11.6 Å². The van der Waals surface area contributed by atoms with Gasteiger partial charge in [-0.15, -0.1) is 0 Å². The van der Waals surface area contributed by atoms with E-state index in [0.717, 1.165) is 5.39 Å². The Kier molecular flexibility index (Phi) is 2.89. The number of nitrogens with one attached hydrogen (secondary N) is 1. The fourth-order valence-corrected chi connectivity index (χ4v) is 1.75. The molecule has 0 radical (unpaired) electrons. The smallest absolute Gasteiger partial charge is 0.292 e. The maximum absolute atomic E-state index is 12.0. The van der Waals surface area contributed by atoms with E-state index in [1.165, 1.54) is 12.4 Å². The number of carbonyl (C=O) groups is 1. The van der Waals surface area contributed by atoms with E-state index in [-0.39, 0.29) is 16.8 Å². The van der Waals surface area contributed by atoms with Crippen LogP contribution in [0.2, 0.25) is 5.15 Å². The van der Waals surface area contributed by atoms with E-state index in [4.69, 9.17) is 16.0 Å². The third-order valence-corrected chi connectivity index (χ3v) is 2.71. The van der Waals surface area contributed by atoms with Gasteiger partial charge in [0.25, 0.3) is 5.91 Å². The van der Waals surface area contributed by atoms with Crippen LogP contribution < -0.4 is 5.32 Å². The quantitative estimate of drug-likeness (QED) is 0.779. The zero-order valence-electron chi connectivity index (χ0n) is 9.63. The summed E-state index contributed by atoms with van der Waals surface area (Å²) in [5.41, 5.74) is 0.662. The number of halogens is 1. The van der Waals surface area contributed by atoms with Crippen molar-refractivity contribution in [3.8, 4) is 0 Å². The predicted molar refractivity (Wildman–Crippen MR) is 71.2 cm³/mol. The molecule has 0 spiro atoms.